The predicted molar refractivity (Wildman–Crippen MR) is 53.3 cm³/mol. The van der Waals surface area contributed by atoms with Crippen molar-refractivity contribution in [2.45, 2.75) is 13.0 Å². The molecule has 0 aromatic heterocycles. The Labute approximate surface area is 80.0 Å². The summed E-state index contributed by atoms with van der Waals surface area (Å²) in [6, 6.07) is 0. The molecular weight excluding hydrogens is 166 g/mol. The van der Waals surface area contributed by atoms with Gasteiger partial charge in [-0.2, -0.15) is 0 Å². The second-order valence-corrected chi connectivity index (χ2v) is 3.55. The van der Waals surface area contributed by atoms with Crippen LogP contribution in [0.2, 0.25) is 0 Å². The van der Waals surface area contributed by atoms with Crippen molar-refractivity contribution < 1.29 is 4.74 Å². The van der Waals surface area contributed by atoms with E-state index in [2.05, 4.69) is 16.8 Å². The molecule has 0 saturated carbocycles. The first-order chi connectivity index (χ1) is 6.15. The van der Waals surface area contributed by atoms with Crippen LogP contribution in [0.1, 0.15) is 6.92 Å². The van der Waals surface area contributed by atoms with Gasteiger partial charge in [-0.05, 0) is 14.0 Å². The zero-order valence-corrected chi connectivity index (χ0v) is 8.71. The lowest BCUT2D eigenvalue weighted by atomic mass is 10.2. The van der Waals surface area contributed by atoms with E-state index in [0.717, 1.165) is 26.2 Å². The Morgan fingerprint density at radius 1 is 1.31 bits per heavy atom. The van der Waals surface area contributed by atoms with E-state index < -0.39 is 0 Å². The summed E-state index contributed by atoms with van der Waals surface area (Å²) in [7, 11) is 3.76. The van der Waals surface area contributed by atoms with Crippen LogP contribution >= 0.6 is 0 Å². The molecule has 4 nitrogen and oxygen atoms in total. The van der Waals surface area contributed by atoms with E-state index in [1.807, 2.05) is 6.92 Å². The van der Waals surface area contributed by atoms with Crippen molar-refractivity contribution in [2.24, 2.45) is 0 Å². The highest BCUT2D eigenvalue weighted by Gasteiger charge is 2.19. The monoisotopic (exact) mass is 185 g/mol. The lowest BCUT2D eigenvalue weighted by Crippen LogP contribution is -2.49. The molecule has 1 heterocycles. The maximum absolute atomic E-state index is 7.84. The van der Waals surface area contributed by atoms with Crippen molar-refractivity contribution >= 4 is 5.84 Å². The number of rotatable bonds is 2. The highest BCUT2D eigenvalue weighted by molar-refractivity contribution is 5.83. The first-order valence-corrected chi connectivity index (χ1v) is 4.70. The van der Waals surface area contributed by atoms with Crippen LogP contribution in [-0.2, 0) is 4.74 Å². The summed E-state index contributed by atoms with van der Waals surface area (Å²) in [4.78, 5) is 4.37. The molecule has 1 aliphatic heterocycles. The number of hydrogen-bond acceptors (Lipinski definition) is 3. The van der Waals surface area contributed by atoms with Crippen LogP contribution in [0.5, 0.6) is 0 Å². The number of piperazine rings is 1. The summed E-state index contributed by atoms with van der Waals surface area (Å²) in [5.41, 5.74) is 0. The van der Waals surface area contributed by atoms with E-state index in [1.165, 1.54) is 0 Å². The van der Waals surface area contributed by atoms with Gasteiger partial charge >= 0.3 is 0 Å². The Balaban J connectivity index is 2.40. The number of nitrogens with zero attached hydrogens (tertiary/aromatic N) is 2. The molecule has 1 atom stereocenters. The first kappa shape index (κ1) is 10.5. The number of amidine groups is 1. The second kappa shape index (κ2) is 4.58. The Morgan fingerprint density at radius 3 is 2.31 bits per heavy atom. The minimum atomic E-state index is -0.0802. The maximum atomic E-state index is 7.84. The van der Waals surface area contributed by atoms with Crippen LogP contribution in [-0.4, -0.2) is 62.1 Å². The van der Waals surface area contributed by atoms with E-state index in [9.17, 15) is 0 Å². The number of ether oxygens (including phenoxy) is 1. The highest BCUT2D eigenvalue weighted by atomic mass is 16.5. The molecule has 0 radical (unpaired) electrons. The Morgan fingerprint density at radius 2 is 1.85 bits per heavy atom. The predicted octanol–water partition coefficient (Wildman–Crippen LogP) is 0.246. The van der Waals surface area contributed by atoms with Crippen LogP contribution in [0.3, 0.4) is 0 Å². The highest BCUT2D eigenvalue weighted by Crippen LogP contribution is 2.03. The van der Waals surface area contributed by atoms with Gasteiger partial charge in [0.2, 0.25) is 0 Å². The molecule has 1 fully saturated rings. The molecule has 1 saturated heterocycles. The van der Waals surface area contributed by atoms with Gasteiger partial charge in [0.25, 0.3) is 0 Å². The summed E-state index contributed by atoms with van der Waals surface area (Å²) >= 11 is 0. The molecule has 1 N–H and O–H groups in total. The fourth-order valence-corrected chi connectivity index (χ4v) is 1.42. The van der Waals surface area contributed by atoms with Crippen molar-refractivity contribution in [3.63, 3.8) is 0 Å². The molecule has 0 amide bonds. The van der Waals surface area contributed by atoms with E-state index in [1.54, 1.807) is 7.11 Å². The minimum absolute atomic E-state index is 0.0802. The molecule has 0 bridgehead atoms. The average molecular weight is 185 g/mol. The smallest absolute Gasteiger partial charge is 0.125 e. The van der Waals surface area contributed by atoms with Gasteiger partial charge in [0.15, 0.2) is 0 Å². The normalized spacial score (nSPS) is 21.6. The molecular formula is C9H19N3O. The molecule has 0 spiro atoms. The quantitative estimate of drug-likeness (QED) is 0.495. The SMILES string of the molecule is COC(C)C(=N)N1CCN(C)CC1. The number of methoxy groups -OCH3 is 1. The third-order valence-electron chi connectivity index (χ3n) is 2.58. The molecule has 0 aromatic rings. The zero-order chi connectivity index (χ0) is 9.84. The van der Waals surface area contributed by atoms with E-state index in [-0.39, 0.29) is 6.10 Å². The third-order valence-corrected chi connectivity index (χ3v) is 2.58. The summed E-state index contributed by atoms with van der Waals surface area (Å²) in [6.45, 7) is 5.89. The largest absolute Gasteiger partial charge is 0.374 e. The van der Waals surface area contributed by atoms with Crippen LogP contribution in [0.4, 0.5) is 0 Å². The molecule has 13 heavy (non-hydrogen) atoms. The molecule has 76 valence electrons. The topological polar surface area (TPSA) is 39.6 Å². The lowest BCUT2D eigenvalue weighted by molar-refractivity contribution is 0.142. The lowest BCUT2D eigenvalue weighted by Gasteiger charge is -2.35. The van der Waals surface area contributed by atoms with Gasteiger partial charge in [-0.25, -0.2) is 0 Å². The Bertz CT molecular complexity index is 176. The Hall–Kier alpha value is -0.610. The average Bonchev–Trinajstić information content (AvgIpc) is 2.17. The van der Waals surface area contributed by atoms with Crippen molar-refractivity contribution in [3.8, 4) is 0 Å². The van der Waals surface area contributed by atoms with Gasteiger partial charge in [0, 0.05) is 33.3 Å². The van der Waals surface area contributed by atoms with Crippen LogP contribution in [0.15, 0.2) is 0 Å². The van der Waals surface area contributed by atoms with E-state index >= 15 is 0 Å². The van der Waals surface area contributed by atoms with Crippen molar-refractivity contribution in [1.29, 1.82) is 5.41 Å². The summed E-state index contributed by atoms with van der Waals surface area (Å²) in [6.07, 6.45) is -0.0802. The molecule has 1 aliphatic rings. The minimum Gasteiger partial charge on any atom is -0.374 e. The van der Waals surface area contributed by atoms with Crippen molar-refractivity contribution in [2.75, 3.05) is 40.3 Å². The summed E-state index contributed by atoms with van der Waals surface area (Å²) < 4.78 is 5.11. The number of likely N-dealkylation sites (N-methyl/N-ethyl adjacent to an activating group) is 1. The van der Waals surface area contributed by atoms with Gasteiger partial charge in [-0.15, -0.1) is 0 Å². The van der Waals surface area contributed by atoms with E-state index in [0.29, 0.717) is 5.84 Å². The third kappa shape index (κ3) is 2.67. The van der Waals surface area contributed by atoms with Crippen LogP contribution < -0.4 is 0 Å². The Kier molecular flexibility index (Phi) is 3.69. The molecule has 1 unspecified atom stereocenters. The molecule has 0 aromatic carbocycles. The summed E-state index contributed by atoms with van der Waals surface area (Å²) in [5.74, 6) is 0.607. The fraction of sp³-hybridized carbons (Fsp3) is 0.889. The number of hydrogen-bond donors (Lipinski definition) is 1. The van der Waals surface area contributed by atoms with Gasteiger partial charge in [-0.3, -0.25) is 5.41 Å². The van der Waals surface area contributed by atoms with Gasteiger partial charge in [-0.1, -0.05) is 0 Å². The standard InChI is InChI=1S/C9H19N3O/c1-8(13-3)9(10)12-6-4-11(2)5-7-12/h8,10H,4-7H2,1-3H3. The fourth-order valence-electron chi connectivity index (χ4n) is 1.42. The van der Waals surface area contributed by atoms with Gasteiger partial charge in [0.05, 0.1) is 0 Å². The first-order valence-electron chi connectivity index (χ1n) is 4.70. The zero-order valence-electron chi connectivity index (χ0n) is 8.71. The van der Waals surface area contributed by atoms with Crippen molar-refractivity contribution in [3.05, 3.63) is 0 Å². The van der Waals surface area contributed by atoms with Crippen molar-refractivity contribution in [1.82, 2.24) is 9.80 Å². The number of nitrogens with one attached hydrogen (secondary N) is 1. The van der Waals surface area contributed by atoms with Crippen LogP contribution in [0.25, 0.3) is 0 Å². The molecule has 1 rings (SSSR count). The van der Waals surface area contributed by atoms with E-state index in [4.69, 9.17) is 10.1 Å². The molecule has 0 aliphatic carbocycles. The van der Waals surface area contributed by atoms with Crippen LogP contribution in [0, 0.1) is 5.41 Å². The van der Waals surface area contributed by atoms with Gasteiger partial charge < -0.3 is 14.5 Å². The molecule has 4 heteroatoms. The maximum Gasteiger partial charge on any atom is 0.125 e. The summed E-state index contributed by atoms with van der Waals surface area (Å²) in [5, 5.41) is 7.84. The van der Waals surface area contributed by atoms with Gasteiger partial charge in [0.1, 0.15) is 11.9 Å². The second-order valence-electron chi connectivity index (χ2n) is 3.55.